The van der Waals surface area contributed by atoms with Gasteiger partial charge in [0.1, 0.15) is 34.0 Å². The van der Waals surface area contributed by atoms with Crippen LogP contribution >= 0.6 is 11.3 Å². The number of nitrogens with zero attached hydrogens (tertiary/aromatic N) is 1. The summed E-state index contributed by atoms with van der Waals surface area (Å²) in [6, 6.07) is 16.1. The summed E-state index contributed by atoms with van der Waals surface area (Å²) in [7, 11) is 0. The molecule has 0 aliphatic carbocycles. The molecular weight excluding hydrogens is 484 g/mol. The number of hydrogen-bond donors (Lipinski definition) is 1. The van der Waals surface area contributed by atoms with Gasteiger partial charge in [-0.05, 0) is 79.6 Å². The maximum absolute atomic E-state index is 13.6. The number of ether oxygens (including phenoxy) is 2. The number of phenolic OH excluding ortho intramolecular Hbond substituents is 1. The van der Waals surface area contributed by atoms with Crippen molar-refractivity contribution < 1.29 is 28.2 Å². The molecule has 2 heterocycles. The maximum Gasteiger partial charge on any atom is 0.207 e. The molecule has 8 heteroatoms. The largest absolute Gasteiger partial charge is 0.508 e. The van der Waals surface area contributed by atoms with E-state index in [0.29, 0.717) is 49.8 Å². The lowest BCUT2D eigenvalue weighted by molar-refractivity contribution is 0.0184. The second-order valence-corrected chi connectivity index (χ2v) is 9.90. The third kappa shape index (κ3) is 5.05. The molecule has 3 aromatic carbocycles. The van der Waals surface area contributed by atoms with Crippen LogP contribution in [0.3, 0.4) is 0 Å². The molecule has 1 N–H and O–H groups in total. The number of halogens is 2. The Hall–Kier alpha value is -3.49. The van der Waals surface area contributed by atoms with Crippen molar-refractivity contribution in [1.82, 2.24) is 4.90 Å². The molecule has 186 valence electrons. The number of aryl methyl sites for hydroxylation is 1. The second kappa shape index (κ2) is 10.2. The fraction of sp³-hybridized carbons (Fsp3) is 0.250. The maximum atomic E-state index is 13.6. The van der Waals surface area contributed by atoms with Crippen molar-refractivity contribution >= 4 is 27.2 Å². The number of alkyl halides is 1. The second-order valence-electron chi connectivity index (χ2n) is 8.84. The quantitative estimate of drug-likeness (QED) is 0.261. The van der Waals surface area contributed by atoms with Crippen LogP contribution in [0.5, 0.6) is 23.0 Å². The van der Waals surface area contributed by atoms with E-state index in [2.05, 4.69) is 4.90 Å². The highest BCUT2D eigenvalue weighted by atomic mass is 32.1. The summed E-state index contributed by atoms with van der Waals surface area (Å²) in [6.07, 6.45) is 0.619. The first-order valence-electron chi connectivity index (χ1n) is 11.7. The van der Waals surface area contributed by atoms with Crippen molar-refractivity contribution in [2.45, 2.75) is 19.4 Å². The predicted octanol–water partition coefficient (Wildman–Crippen LogP) is 6.50. The zero-order valence-corrected chi connectivity index (χ0v) is 20.5. The van der Waals surface area contributed by atoms with Crippen LogP contribution in [0.15, 0.2) is 60.7 Å². The minimum Gasteiger partial charge on any atom is -0.508 e. The van der Waals surface area contributed by atoms with Gasteiger partial charge in [-0.15, -0.1) is 11.3 Å². The monoisotopic (exact) mass is 509 g/mol. The number of rotatable bonds is 9. The van der Waals surface area contributed by atoms with E-state index >= 15 is 0 Å². The number of carbonyl (C=O) groups is 1. The Morgan fingerprint density at radius 2 is 1.83 bits per heavy atom. The first kappa shape index (κ1) is 24.2. The highest BCUT2D eigenvalue weighted by molar-refractivity contribution is 7.21. The Morgan fingerprint density at radius 3 is 2.56 bits per heavy atom. The van der Waals surface area contributed by atoms with Gasteiger partial charge in [-0.25, -0.2) is 4.39 Å². The zero-order chi connectivity index (χ0) is 25.2. The number of likely N-dealkylation sites (tertiary alicyclic amines) is 1. The smallest absolute Gasteiger partial charge is 0.207 e. The molecule has 0 unspecified atom stereocenters. The summed E-state index contributed by atoms with van der Waals surface area (Å²) in [4.78, 5) is 16.0. The van der Waals surface area contributed by atoms with Gasteiger partial charge in [0.25, 0.3) is 0 Å². The van der Waals surface area contributed by atoms with Crippen LogP contribution in [0.25, 0.3) is 10.1 Å². The fourth-order valence-corrected chi connectivity index (χ4v) is 5.39. The Kier molecular flexibility index (Phi) is 6.89. The molecule has 0 bridgehead atoms. The lowest BCUT2D eigenvalue weighted by Gasteiger charge is -2.38. The number of carbonyl (C=O) groups excluding carboxylic acids is 1. The highest BCUT2D eigenvalue weighted by Gasteiger charge is 2.28. The van der Waals surface area contributed by atoms with Gasteiger partial charge in [-0.1, -0.05) is 0 Å². The normalized spacial score (nSPS) is 14.1. The van der Waals surface area contributed by atoms with E-state index in [9.17, 15) is 18.7 Å². The van der Waals surface area contributed by atoms with Gasteiger partial charge in [0, 0.05) is 35.3 Å². The van der Waals surface area contributed by atoms with Crippen LogP contribution in [0.2, 0.25) is 0 Å². The van der Waals surface area contributed by atoms with E-state index in [1.54, 1.807) is 37.3 Å². The Bertz CT molecular complexity index is 1400. The Morgan fingerprint density at radius 1 is 1.08 bits per heavy atom. The van der Waals surface area contributed by atoms with Gasteiger partial charge in [-0.3, -0.25) is 14.1 Å². The van der Waals surface area contributed by atoms with Crippen LogP contribution in [0.1, 0.15) is 27.2 Å². The van der Waals surface area contributed by atoms with Gasteiger partial charge in [0.2, 0.25) is 5.78 Å². The number of thiophene rings is 1. The van der Waals surface area contributed by atoms with Gasteiger partial charge < -0.3 is 14.6 Å². The van der Waals surface area contributed by atoms with Crippen LogP contribution in [0.4, 0.5) is 8.78 Å². The van der Waals surface area contributed by atoms with E-state index in [1.165, 1.54) is 29.5 Å². The van der Waals surface area contributed by atoms with Crippen molar-refractivity contribution in [1.29, 1.82) is 0 Å². The summed E-state index contributed by atoms with van der Waals surface area (Å²) in [6.45, 7) is 3.69. The lowest BCUT2D eigenvalue weighted by atomic mass is 10.0. The van der Waals surface area contributed by atoms with Crippen LogP contribution in [0, 0.1) is 12.7 Å². The van der Waals surface area contributed by atoms with E-state index in [1.807, 2.05) is 12.1 Å². The van der Waals surface area contributed by atoms with E-state index < -0.39 is 5.82 Å². The number of hydrogen-bond acceptors (Lipinski definition) is 6. The molecule has 0 radical (unpaired) electrons. The number of fused-ring (bicyclic) bond motifs is 1. The number of phenols is 1. The number of aromatic hydroxyl groups is 1. The average molecular weight is 510 g/mol. The van der Waals surface area contributed by atoms with Crippen LogP contribution < -0.4 is 9.47 Å². The highest BCUT2D eigenvalue weighted by Crippen LogP contribution is 2.43. The summed E-state index contributed by atoms with van der Waals surface area (Å²) in [5.74, 6) is 1.03. The summed E-state index contributed by atoms with van der Waals surface area (Å²) in [5, 5.41) is 10.6. The minimum atomic E-state index is -0.404. The van der Waals surface area contributed by atoms with Gasteiger partial charge >= 0.3 is 0 Å². The molecule has 0 saturated carbocycles. The van der Waals surface area contributed by atoms with E-state index in [-0.39, 0.29) is 24.3 Å². The molecule has 4 aromatic rings. The molecule has 1 saturated heterocycles. The number of ketones is 1. The van der Waals surface area contributed by atoms with Gasteiger partial charge in [-0.2, -0.15) is 0 Å². The van der Waals surface area contributed by atoms with Gasteiger partial charge in [0.15, 0.2) is 5.75 Å². The number of benzene rings is 3. The van der Waals surface area contributed by atoms with Crippen molar-refractivity contribution in [2.24, 2.45) is 0 Å². The lowest BCUT2D eigenvalue weighted by Crippen LogP contribution is -2.53. The Labute approximate surface area is 211 Å². The fourth-order valence-electron chi connectivity index (χ4n) is 4.28. The topological polar surface area (TPSA) is 59.0 Å². The molecule has 1 fully saturated rings. The first-order chi connectivity index (χ1) is 17.4. The molecule has 0 amide bonds. The molecular formula is C28H25F2NO4S. The van der Waals surface area contributed by atoms with Crippen molar-refractivity contribution in [3.8, 4) is 23.0 Å². The van der Waals surface area contributed by atoms with Crippen molar-refractivity contribution in [3.05, 3.63) is 82.5 Å². The van der Waals surface area contributed by atoms with Crippen molar-refractivity contribution in [3.63, 3.8) is 0 Å². The summed E-state index contributed by atoms with van der Waals surface area (Å²) < 4.78 is 38.8. The van der Waals surface area contributed by atoms with Gasteiger partial charge in [0.05, 0.1) is 6.67 Å². The summed E-state index contributed by atoms with van der Waals surface area (Å²) >= 11 is 1.22. The average Bonchev–Trinajstić information content (AvgIpc) is 3.18. The standard InChI is InChI=1S/C28H25F2NO4S/c1-17-13-18(30)3-9-23(17)26(33)28-27(24-10-4-19(32)14-25(24)36-28)35-21-7-5-20(6-8-21)34-22-15-31(16-22)12-2-11-29/h3-10,13-14,22,32H,2,11-12,15-16H2,1H3. The third-order valence-electron chi connectivity index (χ3n) is 6.15. The summed E-state index contributed by atoms with van der Waals surface area (Å²) in [5.41, 5.74) is 0.925. The molecule has 0 atom stereocenters. The molecule has 1 aromatic heterocycles. The van der Waals surface area contributed by atoms with Crippen LogP contribution in [-0.4, -0.2) is 48.2 Å². The molecule has 1 aliphatic rings. The Balaban J connectivity index is 1.37. The zero-order valence-electron chi connectivity index (χ0n) is 19.7. The van der Waals surface area contributed by atoms with E-state index in [0.717, 1.165) is 19.6 Å². The first-order valence-corrected chi connectivity index (χ1v) is 12.5. The predicted molar refractivity (Wildman–Crippen MR) is 136 cm³/mol. The molecule has 1 aliphatic heterocycles. The third-order valence-corrected chi connectivity index (χ3v) is 7.28. The molecule has 0 spiro atoms. The van der Waals surface area contributed by atoms with Crippen LogP contribution in [-0.2, 0) is 0 Å². The van der Waals surface area contributed by atoms with Crippen molar-refractivity contribution in [2.75, 3.05) is 26.3 Å². The molecule has 5 rings (SSSR count). The molecule has 36 heavy (non-hydrogen) atoms. The minimum absolute atomic E-state index is 0.0769. The van der Waals surface area contributed by atoms with E-state index in [4.69, 9.17) is 9.47 Å². The SMILES string of the molecule is Cc1cc(F)ccc1C(=O)c1sc2cc(O)ccc2c1Oc1ccc(OC2CN(CCCF)C2)cc1. The molecule has 5 nitrogen and oxygen atoms in total.